The van der Waals surface area contributed by atoms with Crippen LogP contribution in [0.25, 0.3) is 5.57 Å². The normalized spacial score (nSPS) is 19.9. The molecule has 2 aliphatic rings. The van der Waals surface area contributed by atoms with Crippen molar-refractivity contribution in [2.75, 3.05) is 7.11 Å². The lowest BCUT2D eigenvalue weighted by molar-refractivity contribution is -0.113. The van der Waals surface area contributed by atoms with E-state index in [1.54, 1.807) is 30.4 Å². The number of sulfonamides is 1. The van der Waals surface area contributed by atoms with E-state index in [-0.39, 0.29) is 23.0 Å². The first-order valence-electron chi connectivity index (χ1n) is 5.97. The van der Waals surface area contributed by atoms with Gasteiger partial charge in [0.1, 0.15) is 0 Å². The molecule has 0 unspecified atom stereocenters. The van der Waals surface area contributed by atoms with Gasteiger partial charge in [0.25, 0.3) is 10.0 Å². The first-order chi connectivity index (χ1) is 9.54. The summed E-state index contributed by atoms with van der Waals surface area (Å²) in [6.45, 7) is 0. The van der Waals surface area contributed by atoms with Crippen LogP contribution in [0, 0.1) is 0 Å². The van der Waals surface area contributed by atoms with Gasteiger partial charge in [-0.25, -0.2) is 0 Å². The topological polar surface area (TPSA) is 72.8 Å². The molecule has 3 rings (SSSR count). The summed E-state index contributed by atoms with van der Waals surface area (Å²) in [6, 6.07) is 6.37. The third-order valence-electron chi connectivity index (χ3n) is 3.20. The number of methoxy groups -OCH3 is 1. The molecule has 0 saturated carbocycles. The fraction of sp³-hybridized carbons (Fsp3) is 0.143. The minimum absolute atomic E-state index is 0.0307. The van der Waals surface area contributed by atoms with Gasteiger partial charge in [-0.1, -0.05) is 30.4 Å². The number of rotatable bonds is 0. The molecule has 5 nitrogen and oxygen atoms in total. The quantitative estimate of drug-likeness (QED) is 0.729. The molecule has 0 amide bonds. The number of fused-ring (bicyclic) bond motifs is 2. The van der Waals surface area contributed by atoms with Crippen LogP contribution in [0.3, 0.4) is 0 Å². The van der Waals surface area contributed by atoms with Crippen molar-refractivity contribution in [2.45, 2.75) is 11.3 Å². The number of nitrogens with zero attached hydrogens (tertiary/aromatic N) is 1. The van der Waals surface area contributed by atoms with Gasteiger partial charge >= 0.3 is 0 Å². The molecule has 0 aromatic heterocycles. The van der Waals surface area contributed by atoms with Crippen LogP contribution in [0.1, 0.15) is 12.0 Å². The monoisotopic (exact) mass is 289 g/mol. The summed E-state index contributed by atoms with van der Waals surface area (Å²) in [5, 5.41) is 0. The van der Waals surface area contributed by atoms with E-state index >= 15 is 0 Å². The van der Waals surface area contributed by atoms with Crippen LogP contribution < -0.4 is 0 Å². The minimum atomic E-state index is -3.89. The maximum absolute atomic E-state index is 12.3. The van der Waals surface area contributed by atoms with Crippen molar-refractivity contribution >= 4 is 27.3 Å². The zero-order chi connectivity index (χ0) is 14.3. The average Bonchev–Trinajstić information content (AvgIpc) is 2.53. The Kier molecular flexibility index (Phi) is 2.83. The van der Waals surface area contributed by atoms with E-state index in [4.69, 9.17) is 4.74 Å². The second kappa shape index (κ2) is 4.42. The van der Waals surface area contributed by atoms with E-state index in [0.29, 0.717) is 16.7 Å². The predicted molar refractivity (Wildman–Crippen MR) is 73.8 cm³/mol. The van der Waals surface area contributed by atoms with Gasteiger partial charge in [-0.15, -0.1) is 4.40 Å². The molecule has 1 aromatic rings. The Morgan fingerprint density at radius 3 is 2.75 bits per heavy atom. The lowest BCUT2D eigenvalue weighted by Crippen LogP contribution is -2.13. The third-order valence-corrected chi connectivity index (χ3v) is 4.52. The zero-order valence-corrected chi connectivity index (χ0v) is 11.5. The number of ether oxygens (including phenoxy) is 1. The highest BCUT2D eigenvalue weighted by molar-refractivity contribution is 7.90. The van der Waals surface area contributed by atoms with Crippen LogP contribution in [-0.2, 0) is 19.6 Å². The molecule has 102 valence electrons. The number of carbonyl (C=O) groups excluding carboxylic acids is 1. The van der Waals surface area contributed by atoms with Gasteiger partial charge in [0, 0.05) is 23.1 Å². The first-order valence-corrected chi connectivity index (χ1v) is 7.41. The van der Waals surface area contributed by atoms with Crippen molar-refractivity contribution in [3.63, 3.8) is 0 Å². The van der Waals surface area contributed by atoms with Gasteiger partial charge in [0.15, 0.2) is 5.78 Å². The largest absolute Gasteiger partial charge is 0.480 e. The molecule has 0 radical (unpaired) electrons. The summed E-state index contributed by atoms with van der Waals surface area (Å²) in [5.74, 6) is -0.197. The Balaban J connectivity index is 2.45. The van der Waals surface area contributed by atoms with Crippen LogP contribution in [-0.4, -0.2) is 27.2 Å². The molecule has 1 aliphatic heterocycles. The summed E-state index contributed by atoms with van der Waals surface area (Å²) in [4.78, 5) is 12.2. The fourth-order valence-corrected chi connectivity index (χ4v) is 3.53. The fourth-order valence-electron chi connectivity index (χ4n) is 2.35. The molecule has 0 fully saturated rings. The van der Waals surface area contributed by atoms with Crippen LogP contribution in [0.4, 0.5) is 0 Å². The minimum Gasteiger partial charge on any atom is -0.480 e. The second-order valence-electron chi connectivity index (χ2n) is 4.39. The second-order valence-corrected chi connectivity index (χ2v) is 5.96. The van der Waals surface area contributed by atoms with E-state index in [9.17, 15) is 13.2 Å². The van der Waals surface area contributed by atoms with Crippen molar-refractivity contribution in [3.05, 3.63) is 47.6 Å². The molecule has 0 N–H and O–H groups in total. The SMILES string of the molecule is COC1=NS(=O)(=O)c2ccccc2C2=C1C=CCC2=O. The third kappa shape index (κ3) is 1.80. The van der Waals surface area contributed by atoms with Crippen molar-refractivity contribution in [3.8, 4) is 0 Å². The molecule has 1 heterocycles. The molecular formula is C14H11NO4S. The van der Waals surface area contributed by atoms with Crippen molar-refractivity contribution in [2.24, 2.45) is 4.40 Å². The van der Waals surface area contributed by atoms with E-state index in [2.05, 4.69) is 4.40 Å². The van der Waals surface area contributed by atoms with Crippen LogP contribution in [0.5, 0.6) is 0 Å². The number of ketones is 1. The van der Waals surface area contributed by atoms with E-state index in [1.165, 1.54) is 13.2 Å². The standard InChI is InChI=1S/C14H11NO4S/c1-19-14-10-6-4-7-11(16)13(10)9-5-2-3-8-12(9)20(17,18)15-14/h2-6,8H,7H2,1H3. The van der Waals surface area contributed by atoms with Crippen LogP contribution in [0.15, 0.2) is 51.3 Å². The van der Waals surface area contributed by atoms with Gasteiger partial charge in [-0.05, 0) is 6.07 Å². The van der Waals surface area contributed by atoms with Gasteiger partial charge < -0.3 is 4.74 Å². The Morgan fingerprint density at radius 2 is 2.00 bits per heavy atom. The predicted octanol–water partition coefficient (Wildman–Crippen LogP) is 1.72. The molecule has 0 spiro atoms. The summed E-state index contributed by atoms with van der Waals surface area (Å²) in [5.41, 5.74) is 1.15. The molecule has 0 bridgehead atoms. The van der Waals surface area contributed by atoms with E-state index < -0.39 is 10.0 Å². The van der Waals surface area contributed by atoms with Gasteiger partial charge in [-0.2, -0.15) is 8.42 Å². The smallest absolute Gasteiger partial charge is 0.286 e. The molecule has 20 heavy (non-hydrogen) atoms. The van der Waals surface area contributed by atoms with Gasteiger partial charge in [-0.3, -0.25) is 4.79 Å². The molecule has 1 aliphatic carbocycles. The molecule has 0 atom stereocenters. The van der Waals surface area contributed by atoms with Crippen molar-refractivity contribution in [1.82, 2.24) is 0 Å². The maximum atomic E-state index is 12.3. The Bertz CT molecular complexity index is 800. The van der Waals surface area contributed by atoms with Gasteiger partial charge in [0.05, 0.1) is 12.0 Å². The number of Topliss-reactive ketones (excluding diaryl/α,β-unsaturated/α-hetero) is 1. The zero-order valence-electron chi connectivity index (χ0n) is 10.7. The van der Waals surface area contributed by atoms with Crippen molar-refractivity contribution in [1.29, 1.82) is 0 Å². The average molecular weight is 289 g/mol. The summed E-state index contributed by atoms with van der Waals surface area (Å²) in [6.07, 6.45) is 3.59. The molecular weight excluding hydrogens is 278 g/mol. The highest BCUT2D eigenvalue weighted by Crippen LogP contribution is 2.35. The van der Waals surface area contributed by atoms with Crippen molar-refractivity contribution < 1.29 is 17.9 Å². The summed E-state index contributed by atoms with van der Waals surface area (Å²) >= 11 is 0. The lowest BCUT2D eigenvalue weighted by atomic mass is 9.90. The maximum Gasteiger partial charge on any atom is 0.286 e. The number of hydrogen-bond donors (Lipinski definition) is 0. The summed E-state index contributed by atoms with van der Waals surface area (Å²) in [7, 11) is -2.55. The molecule has 1 aromatic carbocycles. The Morgan fingerprint density at radius 1 is 1.25 bits per heavy atom. The van der Waals surface area contributed by atoms with Gasteiger partial charge in [0.2, 0.25) is 5.90 Å². The highest BCUT2D eigenvalue weighted by Gasteiger charge is 2.32. The van der Waals surface area contributed by atoms with E-state index in [0.717, 1.165) is 0 Å². The number of hydrogen-bond acceptors (Lipinski definition) is 4. The number of carbonyl (C=O) groups is 1. The highest BCUT2D eigenvalue weighted by atomic mass is 32.2. The Hall–Kier alpha value is -2.21. The lowest BCUT2D eigenvalue weighted by Gasteiger charge is -2.14. The molecule has 6 heteroatoms. The number of allylic oxidation sites excluding steroid dienone is 2. The summed E-state index contributed by atoms with van der Waals surface area (Å²) < 4.78 is 33.3. The Labute approximate surface area is 116 Å². The van der Waals surface area contributed by atoms with Crippen LogP contribution in [0.2, 0.25) is 0 Å². The van der Waals surface area contributed by atoms with Crippen LogP contribution >= 0.6 is 0 Å². The van der Waals surface area contributed by atoms with E-state index in [1.807, 2.05) is 0 Å². The molecule has 0 saturated heterocycles. The number of benzene rings is 1. The first kappa shape index (κ1) is 12.8.